The molecule has 0 aliphatic carbocycles. The van der Waals surface area contributed by atoms with Crippen LogP contribution in [0.2, 0.25) is 0 Å². The lowest BCUT2D eigenvalue weighted by Crippen LogP contribution is -2.39. The molecule has 2 aliphatic rings. The zero-order chi connectivity index (χ0) is 21.9. The predicted molar refractivity (Wildman–Crippen MR) is 144 cm³/mol. The van der Waals surface area contributed by atoms with Crippen molar-refractivity contribution < 1.29 is 9.47 Å². The van der Waals surface area contributed by atoms with E-state index < -0.39 is 0 Å². The molecule has 3 aromatic carbocycles. The molecule has 5 rings (SSSR count). The molecule has 1 atom stereocenters. The SMILES string of the molecule is COc1ccc(CCN2CCC[C@@H]2CN2c3ccccc3COc3ccccc32)cc1N.Cl.Cl. The van der Waals surface area contributed by atoms with Gasteiger partial charge in [-0.1, -0.05) is 36.4 Å². The van der Waals surface area contributed by atoms with Crippen LogP contribution in [0.15, 0.2) is 66.7 Å². The summed E-state index contributed by atoms with van der Waals surface area (Å²) in [6.07, 6.45) is 3.44. The quantitative estimate of drug-likeness (QED) is 0.428. The molecule has 1 saturated heterocycles. The number of ether oxygens (including phenoxy) is 2. The summed E-state index contributed by atoms with van der Waals surface area (Å²) in [6, 6.07) is 23.7. The summed E-state index contributed by atoms with van der Waals surface area (Å²) >= 11 is 0. The van der Waals surface area contributed by atoms with E-state index in [1.165, 1.54) is 29.7 Å². The molecule has 5 nitrogen and oxygen atoms in total. The van der Waals surface area contributed by atoms with E-state index in [1.807, 2.05) is 12.1 Å². The Kier molecular flexibility index (Phi) is 8.95. The zero-order valence-corrected chi connectivity index (χ0v) is 21.1. The molecule has 182 valence electrons. The molecule has 2 heterocycles. The highest BCUT2D eigenvalue weighted by Gasteiger charge is 2.29. The summed E-state index contributed by atoms with van der Waals surface area (Å²) in [5.74, 6) is 1.70. The third-order valence-electron chi connectivity index (χ3n) is 6.70. The molecule has 1 fully saturated rings. The number of nitrogens with zero attached hydrogens (tertiary/aromatic N) is 2. The van der Waals surface area contributed by atoms with Gasteiger partial charge in [-0.25, -0.2) is 0 Å². The van der Waals surface area contributed by atoms with E-state index >= 15 is 0 Å². The van der Waals surface area contributed by atoms with Gasteiger partial charge in [0.1, 0.15) is 18.1 Å². The number of nitrogens with two attached hydrogens (primary N) is 1. The Morgan fingerprint density at radius 3 is 2.56 bits per heavy atom. The lowest BCUT2D eigenvalue weighted by Gasteiger charge is -2.32. The molecular formula is C27H33Cl2N3O2. The molecule has 7 heteroatoms. The number of hydrogen-bond acceptors (Lipinski definition) is 5. The Morgan fingerprint density at radius 1 is 1.00 bits per heavy atom. The van der Waals surface area contributed by atoms with Crippen LogP contribution in [-0.2, 0) is 13.0 Å². The summed E-state index contributed by atoms with van der Waals surface area (Å²) in [5.41, 5.74) is 11.7. The number of likely N-dealkylation sites (tertiary alicyclic amines) is 1. The first-order valence-electron chi connectivity index (χ1n) is 11.5. The summed E-state index contributed by atoms with van der Waals surface area (Å²) in [6.45, 7) is 3.74. The number of para-hydroxylation sites is 3. The summed E-state index contributed by atoms with van der Waals surface area (Å²) < 4.78 is 11.5. The van der Waals surface area contributed by atoms with Crippen LogP contribution in [0.1, 0.15) is 24.0 Å². The number of halogens is 2. The first-order valence-corrected chi connectivity index (χ1v) is 11.5. The monoisotopic (exact) mass is 501 g/mol. The molecule has 3 aromatic rings. The van der Waals surface area contributed by atoms with Gasteiger partial charge in [0.05, 0.1) is 18.5 Å². The highest BCUT2D eigenvalue weighted by Crippen LogP contribution is 2.40. The first-order chi connectivity index (χ1) is 15.7. The van der Waals surface area contributed by atoms with Crippen LogP contribution < -0.4 is 20.1 Å². The number of rotatable bonds is 6. The molecule has 0 radical (unpaired) electrons. The van der Waals surface area contributed by atoms with Crippen molar-refractivity contribution in [2.45, 2.75) is 31.9 Å². The van der Waals surface area contributed by atoms with Crippen molar-refractivity contribution in [1.29, 1.82) is 0 Å². The third kappa shape index (κ3) is 5.38. The fourth-order valence-electron chi connectivity index (χ4n) is 5.00. The smallest absolute Gasteiger partial charge is 0.143 e. The van der Waals surface area contributed by atoms with Crippen LogP contribution in [0.25, 0.3) is 0 Å². The maximum absolute atomic E-state index is 6.15. The van der Waals surface area contributed by atoms with Crippen LogP contribution >= 0.6 is 24.8 Å². The van der Waals surface area contributed by atoms with Crippen molar-refractivity contribution in [1.82, 2.24) is 4.90 Å². The van der Waals surface area contributed by atoms with Gasteiger partial charge in [0.25, 0.3) is 0 Å². The molecule has 0 aromatic heterocycles. The lowest BCUT2D eigenvalue weighted by atomic mass is 10.1. The topological polar surface area (TPSA) is 51.0 Å². The number of fused-ring (bicyclic) bond motifs is 2. The van der Waals surface area contributed by atoms with E-state index in [9.17, 15) is 0 Å². The van der Waals surface area contributed by atoms with Gasteiger partial charge in [-0.15, -0.1) is 24.8 Å². The van der Waals surface area contributed by atoms with Crippen molar-refractivity contribution in [3.63, 3.8) is 0 Å². The fourth-order valence-corrected chi connectivity index (χ4v) is 5.00. The molecule has 0 bridgehead atoms. The fraction of sp³-hybridized carbons (Fsp3) is 0.333. The second-order valence-electron chi connectivity index (χ2n) is 8.65. The molecular weight excluding hydrogens is 469 g/mol. The van der Waals surface area contributed by atoms with Crippen molar-refractivity contribution in [3.8, 4) is 11.5 Å². The molecule has 0 amide bonds. The van der Waals surface area contributed by atoms with E-state index in [0.29, 0.717) is 18.3 Å². The van der Waals surface area contributed by atoms with Gasteiger partial charge in [0.2, 0.25) is 0 Å². The van der Waals surface area contributed by atoms with Gasteiger partial charge in [0, 0.05) is 30.4 Å². The van der Waals surface area contributed by atoms with Crippen LogP contribution in [0.3, 0.4) is 0 Å². The first kappa shape index (κ1) is 26.0. The highest BCUT2D eigenvalue weighted by molar-refractivity contribution is 5.85. The number of hydrogen-bond donors (Lipinski definition) is 1. The Morgan fingerprint density at radius 2 is 1.76 bits per heavy atom. The van der Waals surface area contributed by atoms with Gasteiger partial charge >= 0.3 is 0 Å². The van der Waals surface area contributed by atoms with E-state index in [0.717, 1.165) is 43.2 Å². The van der Waals surface area contributed by atoms with E-state index in [1.54, 1.807) is 7.11 Å². The third-order valence-corrected chi connectivity index (χ3v) is 6.70. The predicted octanol–water partition coefficient (Wildman–Crippen LogP) is 5.86. The lowest BCUT2D eigenvalue weighted by molar-refractivity contribution is 0.261. The average molecular weight is 502 g/mol. The number of nitrogen functional groups attached to an aromatic ring is 1. The summed E-state index contributed by atoms with van der Waals surface area (Å²) in [5, 5.41) is 0. The molecule has 34 heavy (non-hydrogen) atoms. The standard InChI is InChI=1S/C27H31N3O2.2ClH/c1-31-26-13-12-20(17-23(26)28)14-16-29-15-6-8-22(29)18-30-24-9-3-2-7-21(24)19-32-27-11-5-4-10-25(27)30;;/h2-5,7,9-13,17,22H,6,8,14-16,18-19,28H2,1H3;2*1H/t22-;;/m1../s1. The Balaban J connectivity index is 0.00000162. The minimum Gasteiger partial charge on any atom is -0.495 e. The van der Waals surface area contributed by atoms with Crippen molar-refractivity contribution in [2.75, 3.05) is 37.4 Å². The van der Waals surface area contributed by atoms with E-state index in [2.05, 4.69) is 64.4 Å². The van der Waals surface area contributed by atoms with E-state index in [-0.39, 0.29) is 24.8 Å². The number of anilines is 3. The maximum atomic E-state index is 6.15. The largest absolute Gasteiger partial charge is 0.495 e. The van der Waals surface area contributed by atoms with Crippen LogP contribution in [0, 0.1) is 0 Å². The van der Waals surface area contributed by atoms with Crippen LogP contribution in [-0.4, -0.2) is 37.7 Å². The Hall–Kier alpha value is -2.60. The maximum Gasteiger partial charge on any atom is 0.143 e. The molecule has 2 N–H and O–H groups in total. The molecule has 2 aliphatic heterocycles. The van der Waals surface area contributed by atoms with Crippen molar-refractivity contribution in [3.05, 3.63) is 77.9 Å². The van der Waals surface area contributed by atoms with Gasteiger partial charge in [-0.05, 0) is 61.7 Å². The second kappa shape index (κ2) is 11.7. The Labute approximate surface area is 214 Å². The van der Waals surface area contributed by atoms with Gasteiger partial charge in [-0.2, -0.15) is 0 Å². The average Bonchev–Trinajstić information content (AvgIpc) is 3.21. The zero-order valence-electron chi connectivity index (χ0n) is 19.5. The number of methoxy groups -OCH3 is 1. The number of benzene rings is 3. The van der Waals surface area contributed by atoms with Gasteiger partial charge in [-0.3, -0.25) is 4.90 Å². The van der Waals surface area contributed by atoms with Gasteiger partial charge < -0.3 is 20.1 Å². The minimum atomic E-state index is 0. The van der Waals surface area contributed by atoms with E-state index in [4.69, 9.17) is 15.2 Å². The summed E-state index contributed by atoms with van der Waals surface area (Å²) in [7, 11) is 1.66. The minimum absolute atomic E-state index is 0. The van der Waals surface area contributed by atoms with Gasteiger partial charge in [0.15, 0.2) is 0 Å². The van der Waals surface area contributed by atoms with Crippen LogP contribution in [0.4, 0.5) is 17.1 Å². The molecule has 0 spiro atoms. The second-order valence-corrected chi connectivity index (χ2v) is 8.65. The molecule has 0 saturated carbocycles. The summed E-state index contributed by atoms with van der Waals surface area (Å²) in [4.78, 5) is 5.10. The van der Waals surface area contributed by atoms with Crippen molar-refractivity contribution in [2.24, 2.45) is 0 Å². The highest BCUT2D eigenvalue weighted by atomic mass is 35.5. The van der Waals surface area contributed by atoms with Crippen LogP contribution in [0.5, 0.6) is 11.5 Å². The molecule has 0 unspecified atom stereocenters. The van der Waals surface area contributed by atoms with Crippen molar-refractivity contribution >= 4 is 41.9 Å². The normalized spacial score (nSPS) is 16.9. The Bertz CT molecular complexity index is 1050.